The van der Waals surface area contributed by atoms with Crippen molar-refractivity contribution in [3.63, 3.8) is 0 Å². The molecular weight excluding hydrogens is 242 g/mol. The van der Waals surface area contributed by atoms with Crippen LogP contribution in [0.25, 0.3) is 0 Å². The highest BCUT2D eigenvalue weighted by molar-refractivity contribution is 5.75. The topological polar surface area (TPSA) is 61.5 Å². The number of rotatable bonds is 5. The van der Waals surface area contributed by atoms with Crippen molar-refractivity contribution in [3.8, 4) is 5.75 Å². The molecule has 1 rings (SSSR count). The largest absolute Gasteiger partial charge is 0.488 e. The number of carbonyl (C=O) groups excluding carboxylic acids is 1. The molecule has 0 heterocycles. The molecule has 106 valence electrons. The summed E-state index contributed by atoms with van der Waals surface area (Å²) < 4.78 is 10.6. The predicted octanol–water partition coefficient (Wildman–Crippen LogP) is 2.30. The van der Waals surface area contributed by atoms with Crippen LogP contribution in [-0.4, -0.2) is 24.2 Å². The SMILES string of the molecule is CCOC(=O)C(N)Cc1ccc(OC(C)(C)C)cc1. The molecule has 0 bridgehead atoms. The van der Waals surface area contributed by atoms with Crippen LogP contribution in [0.2, 0.25) is 0 Å². The van der Waals surface area contributed by atoms with E-state index in [4.69, 9.17) is 15.2 Å². The van der Waals surface area contributed by atoms with Crippen LogP contribution in [0, 0.1) is 0 Å². The summed E-state index contributed by atoms with van der Waals surface area (Å²) in [4.78, 5) is 11.4. The number of benzene rings is 1. The number of hydrogen-bond acceptors (Lipinski definition) is 4. The number of hydrogen-bond donors (Lipinski definition) is 1. The van der Waals surface area contributed by atoms with Crippen molar-refractivity contribution in [1.29, 1.82) is 0 Å². The minimum atomic E-state index is -0.616. The van der Waals surface area contributed by atoms with E-state index < -0.39 is 6.04 Å². The first-order chi connectivity index (χ1) is 8.81. The normalized spacial score (nSPS) is 12.9. The zero-order valence-electron chi connectivity index (χ0n) is 12.1. The van der Waals surface area contributed by atoms with Crippen LogP contribution in [-0.2, 0) is 16.0 Å². The van der Waals surface area contributed by atoms with Crippen molar-refractivity contribution >= 4 is 5.97 Å². The van der Waals surface area contributed by atoms with Crippen LogP contribution in [0.4, 0.5) is 0 Å². The summed E-state index contributed by atoms with van der Waals surface area (Å²) in [6.07, 6.45) is 0.467. The van der Waals surface area contributed by atoms with Gasteiger partial charge in [-0.1, -0.05) is 12.1 Å². The third-order valence-electron chi connectivity index (χ3n) is 2.39. The van der Waals surface area contributed by atoms with Gasteiger partial charge in [-0.05, 0) is 51.8 Å². The summed E-state index contributed by atoms with van der Waals surface area (Å²) in [5.74, 6) is 0.443. The summed E-state index contributed by atoms with van der Waals surface area (Å²) in [5, 5.41) is 0. The number of esters is 1. The molecule has 2 N–H and O–H groups in total. The van der Waals surface area contributed by atoms with Crippen LogP contribution < -0.4 is 10.5 Å². The van der Waals surface area contributed by atoms with Gasteiger partial charge in [0.1, 0.15) is 17.4 Å². The van der Waals surface area contributed by atoms with Crippen molar-refractivity contribution < 1.29 is 14.3 Å². The van der Waals surface area contributed by atoms with Crippen LogP contribution in [0.3, 0.4) is 0 Å². The minimum absolute atomic E-state index is 0.219. The van der Waals surface area contributed by atoms with Gasteiger partial charge in [0.15, 0.2) is 0 Å². The molecule has 0 aromatic heterocycles. The van der Waals surface area contributed by atoms with Crippen LogP contribution in [0.1, 0.15) is 33.3 Å². The minimum Gasteiger partial charge on any atom is -0.488 e. The Bertz CT molecular complexity index is 406. The van der Waals surface area contributed by atoms with Crippen molar-refractivity contribution in [3.05, 3.63) is 29.8 Å². The van der Waals surface area contributed by atoms with Gasteiger partial charge >= 0.3 is 5.97 Å². The Balaban J connectivity index is 2.59. The maximum absolute atomic E-state index is 11.4. The standard InChI is InChI=1S/C15H23NO3/c1-5-18-14(17)13(16)10-11-6-8-12(9-7-11)19-15(2,3)4/h6-9,13H,5,10,16H2,1-4H3. The molecule has 0 amide bonds. The molecule has 4 heteroatoms. The fourth-order valence-electron chi connectivity index (χ4n) is 1.63. The van der Waals surface area contributed by atoms with E-state index in [9.17, 15) is 4.79 Å². The van der Waals surface area contributed by atoms with Gasteiger partial charge in [0.25, 0.3) is 0 Å². The number of carbonyl (C=O) groups is 1. The van der Waals surface area contributed by atoms with Gasteiger partial charge in [0, 0.05) is 0 Å². The van der Waals surface area contributed by atoms with Crippen molar-refractivity contribution in [2.24, 2.45) is 5.73 Å². The van der Waals surface area contributed by atoms with E-state index in [1.807, 2.05) is 45.0 Å². The molecule has 0 aliphatic heterocycles. The van der Waals surface area contributed by atoms with E-state index >= 15 is 0 Å². The summed E-state index contributed by atoms with van der Waals surface area (Å²) >= 11 is 0. The molecule has 0 radical (unpaired) electrons. The Morgan fingerprint density at radius 1 is 1.26 bits per heavy atom. The Morgan fingerprint density at radius 2 is 1.84 bits per heavy atom. The maximum atomic E-state index is 11.4. The maximum Gasteiger partial charge on any atom is 0.323 e. The van der Waals surface area contributed by atoms with Gasteiger partial charge < -0.3 is 15.2 Å². The average Bonchev–Trinajstić information content (AvgIpc) is 2.30. The van der Waals surface area contributed by atoms with Crippen LogP contribution >= 0.6 is 0 Å². The lowest BCUT2D eigenvalue weighted by atomic mass is 10.1. The number of ether oxygens (including phenoxy) is 2. The second-order valence-corrected chi connectivity index (χ2v) is 5.42. The van der Waals surface area contributed by atoms with E-state index in [0.29, 0.717) is 13.0 Å². The molecule has 1 aromatic rings. The monoisotopic (exact) mass is 265 g/mol. The van der Waals surface area contributed by atoms with Crippen molar-refractivity contribution in [2.75, 3.05) is 6.61 Å². The molecule has 1 aromatic carbocycles. The first kappa shape index (κ1) is 15.5. The third kappa shape index (κ3) is 5.75. The molecule has 0 saturated carbocycles. The zero-order valence-corrected chi connectivity index (χ0v) is 12.1. The second kappa shape index (κ2) is 6.57. The molecule has 19 heavy (non-hydrogen) atoms. The Labute approximate surface area is 114 Å². The zero-order chi connectivity index (χ0) is 14.5. The van der Waals surface area contributed by atoms with Crippen LogP contribution in [0.15, 0.2) is 24.3 Å². The lowest BCUT2D eigenvalue weighted by Crippen LogP contribution is -2.34. The van der Waals surface area contributed by atoms with Gasteiger partial charge in [-0.25, -0.2) is 0 Å². The van der Waals surface area contributed by atoms with E-state index in [1.54, 1.807) is 6.92 Å². The molecule has 0 fully saturated rings. The fraction of sp³-hybridized carbons (Fsp3) is 0.533. The predicted molar refractivity (Wildman–Crippen MR) is 75.1 cm³/mol. The highest BCUT2D eigenvalue weighted by Gasteiger charge is 2.15. The molecule has 0 aliphatic rings. The van der Waals surface area contributed by atoms with Crippen molar-refractivity contribution in [2.45, 2.75) is 45.8 Å². The average molecular weight is 265 g/mol. The van der Waals surface area contributed by atoms with Gasteiger partial charge in [-0.15, -0.1) is 0 Å². The smallest absolute Gasteiger partial charge is 0.323 e. The van der Waals surface area contributed by atoms with E-state index in [0.717, 1.165) is 11.3 Å². The van der Waals surface area contributed by atoms with E-state index in [-0.39, 0.29) is 11.6 Å². The van der Waals surface area contributed by atoms with Gasteiger partial charge in [0.2, 0.25) is 0 Å². The molecule has 1 unspecified atom stereocenters. The first-order valence-corrected chi connectivity index (χ1v) is 6.52. The van der Waals surface area contributed by atoms with Crippen LogP contribution in [0.5, 0.6) is 5.75 Å². The third-order valence-corrected chi connectivity index (χ3v) is 2.39. The lowest BCUT2D eigenvalue weighted by Gasteiger charge is -2.21. The van der Waals surface area contributed by atoms with E-state index in [1.165, 1.54) is 0 Å². The lowest BCUT2D eigenvalue weighted by molar-refractivity contribution is -0.144. The molecule has 1 atom stereocenters. The molecule has 0 spiro atoms. The van der Waals surface area contributed by atoms with Gasteiger partial charge in [-0.3, -0.25) is 4.79 Å². The quantitative estimate of drug-likeness (QED) is 0.830. The van der Waals surface area contributed by atoms with E-state index in [2.05, 4.69) is 0 Å². The Kier molecular flexibility index (Phi) is 5.36. The first-order valence-electron chi connectivity index (χ1n) is 6.52. The Hall–Kier alpha value is -1.55. The second-order valence-electron chi connectivity index (χ2n) is 5.42. The molecule has 0 saturated heterocycles. The summed E-state index contributed by atoms with van der Waals surface area (Å²) in [6.45, 7) is 8.11. The summed E-state index contributed by atoms with van der Waals surface area (Å²) in [6, 6.07) is 6.99. The van der Waals surface area contributed by atoms with Crippen molar-refractivity contribution in [1.82, 2.24) is 0 Å². The van der Waals surface area contributed by atoms with Gasteiger partial charge in [-0.2, -0.15) is 0 Å². The fourth-order valence-corrected chi connectivity index (χ4v) is 1.63. The Morgan fingerprint density at radius 3 is 2.32 bits per heavy atom. The molecule has 0 aliphatic carbocycles. The highest BCUT2D eigenvalue weighted by atomic mass is 16.5. The summed E-state index contributed by atoms with van der Waals surface area (Å²) in [7, 11) is 0. The summed E-state index contributed by atoms with van der Waals surface area (Å²) in [5.41, 5.74) is 6.54. The van der Waals surface area contributed by atoms with Gasteiger partial charge in [0.05, 0.1) is 6.61 Å². The molecular formula is C15H23NO3. The number of nitrogens with two attached hydrogens (primary N) is 1. The molecule has 4 nitrogen and oxygen atoms in total. The highest BCUT2D eigenvalue weighted by Crippen LogP contribution is 2.19.